The van der Waals surface area contributed by atoms with Gasteiger partial charge in [0.25, 0.3) is 5.56 Å². The number of hydrogen-bond acceptors (Lipinski definition) is 6. The molecule has 9 nitrogen and oxygen atoms in total. The van der Waals surface area contributed by atoms with Gasteiger partial charge in [-0.2, -0.15) is 0 Å². The molecular weight excluding hydrogens is 343 g/mol. The molecule has 3 heterocycles. The first-order valence-corrected chi connectivity index (χ1v) is 9.91. The van der Waals surface area contributed by atoms with Crippen LogP contribution in [0.3, 0.4) is 0 Å². The molecule has 4 unspecified atom stereocenters. The summed E-state index contributed by atoms with van der Waals surface area (Å²) >= 11 is 3.50. The first kappa shape index (κ1) is 15.3. The topological polar surface area (TPSA) is 119 Å². The number of rotatable bonds is 4. The number of hydrogen-bond donors (Lipinski definition) is 3. The van der Waals surface area contributed by atoms with Crippen LogP contribution in [0.4, 0.5) is 0 Å². The Kier molecular flexibility index (Phi) is 3.62. The minimum Gasteiger partial charge on any atom is -0.352 e. The van der Waals surface area contributed by atoms with Gasteiger partial charge in [-0.3, -0.25) is 13.9 Å². The predicted molar refractivity (Wildman–Crippen MR) is 83.0 cm³/mol. The van der Waals surface area contributed by atoms with Crippen LogP contribution >= 0.6 is 19.0 Å². The number of nitrogens with zero attached hydrogens (tertiary/aromatic N) is 3. The quantitative estimate of drug-likeness (QED) is 0.553. The molecular formula is C12H15N4O5PS. The van der Waals surface area contributed by atoms with Crippen LogP contribution in [0.2, 0.25) is 0 Å². The van der Waals surface area contributed by atoms with Gasteiger partial charge in [-0.15, -0.1) is 0 Å². The highest BCUT2D eigenvalue weighted by molar-refractivity contribution is 8.44. The standard InChI is InChI=1S/C12H15N4O5PS/c17-11-9-10(13-4-14-11)16(5-15-9)12-8-2-6(8)1-7(21-12)3-20-22(18,19)23/h4-8,12H,1-3H2,(H,13,14,17)(H2,18,19,23)/t6?,7-,8?,12?/m0/s1. The molecule has 2 aromatic heterocycles. The summed E-state index contributed by atoms with van der Waals surface area (Å²) in [5.74, 6) is 0.807. The lowest BCUT2D eigenvalue weighted by Crippen LogP contribution is -2.31. The Morgan fingerprint density at radius 1 is 1.52 bits per heavy atom. The van der Waals surface area contributed by atoms with E-state index in [9.17, 15) is 9.36 Å². The maximum atomic E-state index is 11.7. The van der Waals surface area contributed by atoms with Crippen LogP contribution in [0, 0.1) is 11.8 Å². The van der Waals surface area contributed by atoms with E-state index in [0.717, 1.165) is 12.8 Å². The number of imidazole rings is 1. The van der Waals surface area contributed by atoms with Crippen molar-refractivity contribution in [2.45, 2.75) is 25.2 Å². The molecule has 1 aliphatic carbocycles. The van der Waals surface area contributed by atoms with Gasteiger partial charge in [0.05, 0.1) is 25.4 Å². The number of fused-ring (bicyclic) bond motifs is 2. The van der Waals surface area contributed by atoms with Crippen molar-refractivity contribution in [3.05, 3.63) is 23.0 Å². The zero-order valence-electron chi connectivity index (χ0n) is 11.9. The Bertz CT molecular complexity index is 847. The number of thiol groups is 1. The fourth-order valence-electron chi connectivity index (χ4n) is 3.19. The summed E-state index contributed by atoms with van der Waals surface area (Å²) in [6.07, 6.45) is 4.04. The van der Waals surface area contributed by atoms with E-state index in [1.54, 1.807) is 10.9 Å². The number of ether oxygens (including phenoxy) is 1. The van der Waals surface area contributed by atoms with E-state index < -0.39 is 6.80 Å². The molecule has 2 fully saturated rings. The second-order valence-electron chi connectivity index (χ2n) is 5.89. The van der Waals surface area contributed by atoms with E-state index in [0.29, 0.717) is 17.5 Å². The van der Waals surface area contributed by atoms with E-state index in [1.165, 1.54) is 6.33 Å². The van der Waals surface area contributed by atoms with Crippen molar-refractivity contribution >= 4 is 30.2 Å². The van der Waals surface area contributed by atoms with Crippen LogP contribution in [-0.4, -0.2) is 37.1 Å². The normalized spacial score (nSPS) is 32.4. The molecule has 2 N–H and O–H groups in total. The Balaban J connectivity index is 1.59. The molecule has 1 saturated heterocycles. The molecule has 124 valence electrons. The van der Waals surface area contributed by atoms with Crippen molar-refractivity contribution < 1.29 is 18.7 Å². The first-order chi connectivity index (χ1) is 10.9. The number of H-pyrrole nitrogens is 1. The van der Waals surface area contributed by atoms with Gasteiger partial charge in [-0.1, -0.05) is 12.2 Å². The van der Waals surface area contributed by atoms with Gasteiger partial charge < -0.3 is 14.6 Å². The average molecular weight is 358 g/mol. The van der Waals surface area contributed by atoms with Gasteiger partial charge in [0.2, 0.25) is 0 Å². The summed E-state index contributed by atoms with van der Waals surface area (Å²) in [5, 5.41) is 0. The third-order valence-electron chi connectivity index (χ3n) is 4.31. The second kappa shape index (κ2) is 5.42. The molecule has 2 aromatic rings. The van der Waals surface area contributed by atoms with Gasteiger partial charge in [0.1, 0.15) is 6.23 Å². The van der Waals surface area contributed by atoms with Crippen LogP contribution in [0.15, 0.2) is 17.4 Å². The van der Waals surface area contributed by atoms with Crippen LogP contribution in [0.5, 0.6) is 0 Å². The van der Waals surface area contributed by atoms with Crippen molar-refractivity contribution in [3.63, 3.8) is 0 Å². The summed E-state index contributed by atoms with van der Waals surface area (Å²) < 4.78 is 23.8. The third kappa shape index (κ3) is 2.97. The van der Waals surface area contributed by atoms with Crippen molar-refractivity contribution in [1.29, 1.82) is 0 Å². The fraction of sp³-hybridized carbons (Fsp3) is 0.583. The fourth-order valence-corrected chi connectivity index (χ4v) is 3.75. The highest BCUT2D eigenvalue weighted by Gasteiger charge is 2.50. The van der Waals surface area contributed by atoms with Crippen LogP contribution < -0.4 is 5.56 Å². The van der Waals surface area contributed by atoms with E-state index >= 15 is 0 Å². The van der Waals surface area contributed by atoms with Crippen molar-refractivity contribution in [2.24, 2.45) is 11.8 Å². The summed E-state index contributed by atoms with van der Waals surface area (Å²) in [7, 11) is 0. The summed E-state index contributed by atoms with van der Waals surface area (Å²) in [5.41, 5.74) is 0.433. The Morgan fingerprint density at radius 2 is 2.35 bits per heavy atom. The van der Waals surface area contributed by atoms with Crippen LogP contribution in [-0.2, 0) is 13.8 Å². The monoisotopic (exact) mass is 358 g/mol. The molecule has 5 atom stereocenters. The number of aromatic amines is 1. The molecule has 1 saturated carbocycles. The minimum absolute atomic E-state index is 0.00234. The number of aromatic nitrogens is 4. The molecule has 1 aliphatic heterocycles. The average Bonchev–Trinajstić information content (AvgIpc) is 3.14. The smallest absolute Gasteiger partial charge is 0.352 e. The van der Waals surface area contributed by atoms with E-state index in [1.807, 2.05) is 0 Å². The lowest BCUT2D eigenvalue weighted by molar-refractivity contribution is -0.109. The van der Waals surface area contributed by atoms with Crippen molar-refractivity contribution in [2.75, 3.05) is 6.61 Å². The Labute approximate surface area is 135 Å². The van der Waals surface area contributed by atoms with E-state index in [2.05, 4.69) is 27.2 Å². The first-order valence-electron chi connectivity index (χ1n) is 7.18. The molecule has 2 aliphatic rings. The zero-order valence-corrected chi connectivity index (χ0v) is 13.7. The van der Waals surface area contributed by atoms with Crippen LogP contribution in [0.1, 0.15) is 19.1 Å². The molecule has 0 aromatic carbocycles. The lowest BCUT2D eigenvalue weighted by atomic mass is 10.1. The maximum Gasteiger partial charge on any atom is 0.383 e. The van der Waals surface area contributed by atoms with Gasteiger partial charge in [0.15, 0.2) is 11.2 Å². The van der Waals surface area contributed by atoms with E-state index in [-0.39, 0.29) is 30.0 Å². The largest absolute Gasteiger partial charge is 0.383 e. The molecule has 0 bridgehead atoms. The van der Waals surface area contributed by atoms with Gasteiger partial charge in [0, 0.05) is 5.92 Å². The number of nitrogens with one attached hydrogen (secondary N) is 1. The van der Waals surface area contributed by atoms with E-state index in [4.69, 9.17) is 14.2 Å². The lowest BCUT2D eigenvalue weighted by Gasteiger charge is -2.30. The maximum absolute atomic E-state index is 11.7. The molecule has 11 heteroatoms. The minimum atomic E-state index is -3.83. The molecule has 0 radical (unpaired) electrons. The molecule has 0 spiro atoms. The highest BCUT2D eigenvalue weighted by Crippen LogP contribution is 2.55. The summed E-state index contributed by atoms with van der Waals surface area (Å²) in [4.78, 5) is 31.6. The predicted octanol–water partition coefficient (Wildman–Crippen LogP) is 1.09. The second-order valence-corrected chi connectivity index (χ2v) is 8.64. The van der Waals surface area contributed by atoms with Crippen molar-refractivity contribution in [3.8, 4) is 0 Å². The summed E-state index contributed by atoms with van der Waals surface area (Å²) in [6.45, 7) is -3.83. The SMILES string of the molecule is O=c1[nH]cnc2c1ncn2C1O[C@H](COP(=O)(O)S)CC2CC21. The van der Waals surface area contributed by atoms with Gasteiger partial charge in [-0.05, 0) is 18.8 Å². The van der Waals surface area contributed by atoms with Gasteiger partial charge >= 0.3 is 6.80 Å². The summed E-state index contributed by atoms with van der Waals surface area (Å²) in [6, 6.07) is 0. The molecule has 23 heavy (non-hydrogen) atoms. The Morgan fingerprint density at radius 3 is 3.13 bits per heavy atom. The Hall–Kier alpha value is -1.19. The molecule has 0 amide bonds. The zero-order chi connectivity index (χ0) is 16.2. The van der Waals surface area contributed by atoms with Gasteiger partial charge in [-0.25, -0.2) is 14.5 Å². The van der Waals surface area contributed by atoms with Crippen LogP contribution in [0.25, 0.3) is 11.2 Å². The highest BCUT2D eigenvalue weighted by atomic mass is 32.7. The molecule has 4 rings (SSSR count). The third-order valence-corrected chi connectivity index (χ3v) is 5.14. The van der Waals surface area contributed by atoms with Crippen molar-refractivity contribution in [1.82, 2.24) is 19.5 Å².